The molecule has 0 aliphatic carbocycles. The molecule has 2 aromatic heterocycles. The number of hydrogen-bond donors (Lipinski definition) is 2. The molecule has 108 valence electrons. The molecule has 0 saturated heterocycles. The Morgan fingerprint density at radius 2 is 1.90 bits per heavy atom. The van der Waals surface area contributed by atoms with Crippen molar-refractivity contribution in [2.24, 2.45) is 4.99 Å². The summed E-state index contributed by atoms with van der Waals surface area (Å²) in [5.41, 5.74) is 3.05. The lowest BCUT2D eigenvalue weighted by atomic mass is 10.3. The summed E-state index contributed by atoms with van der Waals surface area (Å²) in [4.78, 5) is 12.0. The lowest BCUT2D eigenvalue weighted by Crippen LogP contribution is -2.26. The van der Waals surface area contributed by atoms with Crippen molar-refractivity contribution in [3.8, 4) is 5.75 Å². The van der Waals surface area contributed by atoms with Crippen LogP contribution in [0.25, 0.3) is 12.4 Å². The average molecular weight is 323 g/mol. The Bertz CT molecular complexity index is 948. The molecule has 0 bridgehead atoms. The van der Waals surface area contributed by atoms with Crippen molar-refractivity contribution in [3.63, 3.8) is 0 Å². The van der Waals surface area contributed by atoms with Crippen LogP contribution in [0.5, 0.6) is 5.75 Å². The number of halogens is 2. The third kappa shape index (κ3) is 2.18. The molecule has 0 fully saturated rings. The van der Waals surface area contributed by atoms with Gasteiger partial charge < -0.3 is 10.1 Å². The van der Waals surface area contributed by atoms with Crippen molar-refractivity contribution in [3.05, 3.63) is 44.4 Å². The maximum atomic E-state index is 9.59. The molecule has 0 amide bonds. The van der Waals surface area contributed by atoms with Crippen molar-refractivity contribution in [2.45, 2.75) is 13.8 Å². The van der Waals surface area contributed by atoms with Gasteiger partial charge in [-0.25, -0.2) is 9.98 Å². The van der Waals surface area contributed by atoms with Crippen LogP contribution in [0, 0.1) is 13.8 Å². The third-order valence-corrected chi connectivity index (χ3v) is 3.90. The fraction of sp³-hybridized carbons (Fsp3) is 0.143. The Balaban J connectivity index is 2.34. The molecule has 5 nitrogen and oxygen atoms in total. The van der Waals surface area contributed by atoms with Crippen molar-refractivity contribution < 1.29 is 5.11 Å². The predicted molar refractivity (Wildman–Crippen MR) is 83.1 cm³/mol. The Hall–Kier alpha value is -1.98. The third-order valence-electron chi connectivity index (χ3n) is 3.33. The van der Waals surface area contributed by atoms with E-state index in [1.807, 2.05) is 18.2 Å². The first kappa shape index (κ1) is 14.0. The number of phenols is 1. The Kier molecular flexibility index (Phi) is 3.19. The molecule has 0 atom stereocenters. The van der Waals surface area contributed by atoms with E-state index >= 15 is 0 Å². The van der Waals surface area contributed by atoms with Crippen LogP contribution in [0.4, 0.5) is 5.69 Å². The van der Waals surface area contributed by atoms with Crippen molar-refractivity contribution in [2.75, 3.05) is 0 Å². The summed E-state index contributed by atoms with van der Waals surface area (Å²) in [6.45, 7) is 7.82. The van der Waals surface area contributed by atoms with Gasteiger partial charge in [0.25, 0.3) is 0 Å². The van der Waals surface area contributed by atoms with E-state index in [1.54, 1.807) is 12.1 Å². The highest BCUT2D eigenvalue weighted by atomic mass is 35.5. The lowest BCUT2D eigenvalue weighted by molar-refractivity contribution is 0.476. The van der Waals surface area contributed by atoms with Gasteiger partial charge in [-0.2, -0.15) is 0 Å². The second-order valence-electron chi connectivity index (χ2n) is 4.74. The summed E-state index contributed by atoms with van der Waals surface area (Å²) in [5.74, 6) is 0.533. The number of aromatic nitrogens is 3. The molecule has 2 N–H and O–H groups in total. The number of phenolic OH excluding ortho intramolecular Hbond substituents is 1. The van der Waals surface area contributed by atoms with Gasteiger partial charge in [-0.1, -0.05) is 29.8 Å². The molecule has 0 saturated carbocycles. The normalized spacial score (nSPS) is 12.5. The van der Waals surface area contributed by atoms with E-state index in [1.165, 1.54) is 0 Å². The molecule has 1 aromatic carbocycles. The van der Waals surface area contributed by atoms with Crippen LogP contribution in [-0.4, -0.2) is 19.5 Å². The molecule has 7 heteroatoms. The molecule has 0 aliphatic rings. The van der Waals surface area contributed by atoms with Gasteiger partial charge in [0.05, 0.1) is 26.8 Å². The Morgan fingerprint density at radius 3 is 2.52 bits per heavy atom. The highest BCUT2D eigenvalue weighted by Gasteiger charge is 2.10. The van der Waals surface area contributed by atoms with Crippen LogP contribution in [0.3, 0.4) is 0 Å². The van der Waals surface area contributed by atoms with Crippen molar-refractivity contribution >= 4 is 41.2 Å². The zero-order chi connectivity index (χ0) is 15.3. The van der Waals surface area contributed by atoms with E-state index in [4.69, 9.17) is 23.2 Å². The molecule has 21 heavy (non-hydrogen) atoms. The second kappa shape index (κ2) is 4.79. The second-order valence-corrected chi connectivity index (χ2v) is 5.55. The lowest BCUT2D eigenvalue weighted by Gasteiger charge is -2.01. The first-order valence-corrected chi connectivity index (χ1v) is 6.93. The minimum Gasteiger partial charge on any atom is -0.505 e. The van der Waals surface area contributed by atoms with E-state index in [0.717, 1.165) is 11.4 Å². The zero-order valence-electron chi connectivity index (χ0n) is 11.4. The van der Waals surface area contributed by atoms with Crippen LogP contribution in [-0.2, 0) is 0 Å². The number of nitrogens with zero attached hydrogens (tertiary/aromatic N) is 3. The Labute approximate surface area is 130 Å². The van der Waals surface area contributed by atoms with Crippen LogP contribution < -0.4 is 10.8 Å². The molecular formula is C14H12Cl2N4O. The van der Waals surface area contributed by atoms with Crippen LogP contribution >= 0.6 is 23.2 Å². The van der Waals surface area contributed by atoms with Gasteiger partial charge in [0.2, 0.25) is 5.78 Å². The summed E-state index contributed by atoms with van der Waals surface area (Å²) in [6, 6.07) is 3.08. The number of fused-ring (bicyclic) bond motifs is 1. The summed E-state index contributed by atoms with van der Waals surface area (Å²) < 4.78 is 1.88. The van der Waals surface area contributed by atoms with Gasteiger partial charge in [0, 0.05) is 5.69 Å². The average Bonchev–Trinajstić information content (AvgIpc) is 2.85. The number of imidazole rings is 2. The molecule has 0 aliphatic heterocycles. The van der Waals surface area contributed by atoms with Crippen molar-refractivity contribution in [1.82, 2.24) is 14.4 Å². The summed E-state index contributed by atoms with van der Waals surface area (Å²) in [5, 5.41) is 10.5. The van der Waals surface area contributed by atoms with Crippen molar-refractivity contribution in [1.29, 1.82) is 0 Å². The van der Waals surface area contributed by atoms with Gasteiger partial charge >= 0.3 is 0 Å². The summed E-state index contributed by atoms with van der Waals surface area (Å²) >= 11 is 11.8. The van der Waals surface area contributed by atoms with Crippen LogP contribution in [0.15, 0.2) is 17.1 Å². The SMILES string of the molecule is C=c1[nH]c2nc(C)c(C)n2c1=Nc1cc(Cl)c(O)c(Cl)c1. The monoisotopic (exact) mass is 322 g/mol. The quantitative estimate of drug-likeness (QED) is 0.723. The number of hydrogen-bond acceptors (Lipinski definition) is 3. The maximum absolute atomic E-state index is 9.59. The molecule has 2 heterocycles. The molecule has 3 aromatic rings. The van der Waals surface area contributed by atoms with E-state index < -0.39 is 0 Å². The molecular weight excluding hydrogens is 311 g/mol. The smallest absolute Gasteiger partial charge is 0.213 e. The number of H-pyrrole nitrogens is 1. The highest BCUT2D eigenvalue weighted by molar-refractivity contribution is 6.37. The number of benzene rings is 1. The van der Waals surface area contributed by atoms with Gasteiger partial charge in [-0.05, 0) is 26.0 Å². The maximum Gasteiger partial charge on any atom is 0.213 e. The summed E-state index contributed by atoms with van der Waals surface area (Å²) in [7, 11) is 0. The van der Waals surface area contributed by atoms with E-state index in [0.29, 0.717) is 22.3 Å². The number of aromatic hydroxyl groups is 1. The number of aromatic amines is 1. The standard InChI is InChI=1S/C14H12Cl2N4O/c1-6-8(3)20-13(7(2)18-14(20)17-6)19-9-4-10(15)12(21)11(16)5-9/h4-5,21H,2H2,1,3H3,(H,17,18). The number of rotatable bonds is 1. The molecule has 3 rings (SSSR count). The highest BCUT2D eigenvalue weighted by Crippen LogP contribution is 2.35. The van der Waals surface area contributed by atoms with Gasteiger partial charge in [0.1, 0.15) is 0 Å². The Morgan fingerprint density at radius 1 is 1.29 bits per heavy atom. The topological polar surface area (TPSA) is 65.7 Å². The first-order valence-electron chi connectivity index (χ1n) is 6.18. The largest absolute Gasteiger partial charge is 0.505 e. The first-order chi connectivity index (χ1) is 9.88. The van der Waals surface area contributed by atoms with E-state index in [9.17, 15) is 5.11 Å². The van der Waals surface area contributed by atoms with E-state index in [-0.39, 0.29) is 15.8 Å². The minimum absolute atomic E-state index is 0.150. The molecule has 0 spiro atoms. The summed E-state index contributed by atoms with van der Waals surface area (Å²) in [6.07, 6.45) is 0. The van der Waals surface area contributed by atoms with Gasteiger partial charge in [-0.15, -0.1) is 0 Å². The predicted octanol–water partition coefficient (Wildman–Crippen LogP) is 2.65. The minimum atomic E-state index is -0.152. The zero-order valence-corrected chi connectivity index (χ0v) is 12.9. The van der Waals surface area contributed by atoms with Gasteiger partial charge in [0.15, 0.2) is 11.2 Å². The molecule has 0 radical (unpaired) electrons. The van der Waals surface area contributed by atoms with Crippen LogP contribution in [0.1, 0.15) is 11.4 Å². The fourth-order valence-corrected chi connectivity index (χ4v) is 2.61. The number of nitrogens with one attached hydrogen (secondary N) is 1. The van der Waals surface area contributed by atoms with Gasteiger partial charge in [-0.3, -0.25) is 4.40 Å². The fourth-order valence-electron chi connectivity index (χ4n) is 2.14. The number of aryl methyl sites for hydroxylation is 2. The van der Waals surface area contributed by atoms with Crippen LogP contribution in [0.2, 0.25) is 10.0 Å². The van der Waals surface area contributed by atoms with E-state index in [2.05, 4.69) is 21.5 Å². The molecule has 0 unspecified atom stereocenters.